The molecule has 0 spiro atoms. The van der Waals surface area contributed by atoms with Gasteiger partial charge in [0.05, 0.1) is 19.3 Å². The van der Waals surface area contributed by atoms with Gasteiger partial charge in [-0.25, -0.2) is 0 Å². The Morgan fingerprint density at radius 2 is 1.92 bits per heavy atom. The van der Waals surface area contributed by atoms with Crippen molar-refractivity contribution in [3.05, 3.63) is 42.0 Å². The maximum Gasteiger partial charge on any atom is 0.124 e. The van der Waals surface area contributed by atoms with E-state index in [0.717, 1.165) is 58.1 Å². The van der Waals surface area contributed by atoms with Crippen molar-refractivity contribution in [1.82, 2.24) is 10.2 Å². The van der Waals surface area contributed by atoms with Gasteiger partial charge in [-0.3, -0.25) is 4.90 Å². The number of fused-ring (bicyclic) bond motifs is 1. The molecule has 0 bridgehead atoms. The lowest BCUT2D eigenvalue weighted by Crippen LogP contribution is -2.37. The van der Waals surface area contributed by atoms with Crippen LogP contribution >= 0.6 is 0 Å². The fourth-order valence-corrected chi connectivity index (χ4v) is 3.33. The Balaban J connectivity index is 1.59. The number of rotatable bonds is 8. The van der Waals surface area contributed by atoms with E-state index in [0.29, 0.717) is 0 Å². The van der Waals surface area contributed by atoms with Crippen LogP contribution in [0.2, 0.25) is 0 Å². The summed E-state index contributed by atoms with van der Waals surface area (Å²) in [7, 11) is 0. The highest BCUT2D eigenvalue weighted by molar-refractivity contribution is 5.87. The molecular formula is C21H30N2O2. The van der Waals surface area contributed by atoms with Crippen LogP contribution in [-0.2, 0) is 11.3 Å². The number of nitrogens with one attached hydrogen (secondary N) is 1. The molecule has 0 amide bonds. The molecule has 136 valence electrons. The lowest BCUT2D eigenvalue weighted by Gasteiger charge is -2.26. The summed E-state index contributed by atoms with van der Waals surface area (Å²) in [5, 5.41) is 6.16. The molecule has 1 aliphatic heterocycles. The number of hydrogen-bond acceptors (Lipinski definition) is 4. The SMILES string of the molecule is CC(C)Oc1ccc2ccccc2c1CNCCCN1CCOCC1. The van der Waals surface area contributed by atoms with Gasteiger partial charge in [0.1, 0.15) is 5.75 Å². The first-order valence-electron chi connectivity index (χ1n) is 9.42. The van der Waals surface area contributed by atoms with Crippen molar-refractivity contribution < 1.29 is 9.47 Å². The number of morpholine rings is 1. The van der Waals surface area contributed by atoms with Crippen LogP contribution in [0.4, 0.5) is 0 Å². The first-order valence-corrected chi connectivity index (χ1v) is 9.42. The van der Waals surface area contributed by atoms with Crippen LogP contribution in [0.3, 0.4) is 0 Å². The highest BCUT2D eigenvalue weighted by Gasteiger charge is 2.11. The molecule has 0 radical (unpaired) electrons. The summed E-state index contributed by atoms with van der Waals surface area (Å²) in [6.07, 6.45) is 1.34. The topological polar surface area (TPSA) is 33.7 Å². The molecule has 1 heterocycles. The molecule has 0 aliphatic carbocycles. The molecule has 4 nitrogen and oxygen atoms in total. The summed E-state index contributed by atoms with van der Waals surface area (Å²) in [5.74, 6) is 0.995. The van der Waals surface area contributed by atoms with E-state index in [1.165, 1.54) is 16.3 Å². The van der Waals surface area contributed by atoms with E-state index in [4.69, 9.17) is 9.47 Å². The molecule has 25 heavy (non-hydrogen) atoms. The molecular weight excluding hydrogens is 312 g/mol. The van der Waals surface area contributed by atoms with E-state index in [9.17, 15) is 0 Å². The average molecular weight is 342 g/mol. The molecule has 2 aromatic rings. The third kappa shape index (κ3) is 5.18. The van der Waals surface area contributed by atoms with Gasteiger partial charge < -0.3 is 14.8 Å². The second-order valence-corrected chi connectivity index (χ2v) is 6.91. The van der Waals surface area contributed by atoms with Crippen LogP contribution in [0.1, 0.15) is 25.8 Å². The molecule has 1 aliphatic rings. The molecule has 1 fully saturated rings. The zero-order chi connectivity index (χ0) is 17.5. The quantitative estimate of drug-likeness (QED) is 0.745. The minimum Gasteiger partial charge on any atom is -0.491 e. The third-order valence-corrected chi connectivity index (χ3v) is 4.59. The van der Waals surface area contributed by atoms with Crippen molar-refractivity contribution in [1.29, 1.82) is 0 Å². The lowest BCUT2D eigenvalue weighted by molar-refractivity contribution is 0.0374. The summed E-state index contributed by atoms with van der Waals surface area (Å²) in [4.78, 5) is 2.48. The average Bonchev–Trinajstić information content (AvgIpc) is 2.63. The van der Waals surface area contributed by atoms with Crippen molar-refractivity contribution in [3.8, 4) is 5.75 Å². The van der Waals surface area contributed by atoms with Crippen molar-refractivity contribution in [2.24, 2.45) is 0 Å². The van der Waals surface area contributed by atoms with Gasteiger partial charge in [0.15, 0.2) is 0 Å². The molecule has 0 aromatic heterocycles. The number of benzene rings is 2. The Labute approximate surface area is 151 Å². The van der Waals surface area contributed by atoms with Gasteiger partial charge in [0.2, 0.25) is 0 Å². The van der Waals surface area contributed by atoms with Crippen molar-refractivity contribution in [3.63, 3.8) is 0 Å². The van der Waals surface area contributed by atoms with Crippen LogP contribution in [0.25, 0.3) is 10.8 Å². The highest BCUT2D eigenvalue weighted by atomic mass is 16.5. The van der Waals surface area contributed by atoms with Crippen LogP contribution in [-0.4, -0.2) is 50.4 Å². The minimum atomic E-state index is 0.182. The summed E-state index contributed by atoms with van der Waals surface area (Å²) in [5.41, 5.74) is 1.26. The predicted octanol–water partition coefficient (Wildman–Crippen LogP) is 3.44. The number of hydrogen-bond donors (Lipinski definition) is 1. The van der Waals surface area contributed by atoms with Gasteiger partial charge >= 0.3 is 0 Å². The van der Waals surface area contributed by atoms with Gasteiger partial charge in [0.25, 0.3) is 0 Å². The Kier molecular flexibility index (Phi) is 6.68. The van der Waals surface area contributed by atoms with E-state index in [-0.39, 0.29) is 6.10 Å². The van der Waals surface area contributed by atoms with Crippen LogP contribution in [0.15, 0.2) is 36.4 Å². The molecule has 3 rings (SSSR count). The Bertz CT molecular complexity index is 666. The second-order valence-electron chi connectivity index (χ2n) is 6.91. The molecule has 2 aromatic carbocycles. The number of nitrogens with zero attached hydrogens (tertiary/aromatic N) is 1. The van der Waals surface area contributed by atoms with Crippen LogP contribution < -0.4 is 10.1 Å². The molecule has 4 heteroatoms. The minimum absolute atomic E-state index is 0.182. The third-order valence-electron chi connectivity index (χ3n) is 4.59. The number of ether oxygens (including phenoxy) is 2. The zero-order valence-corrected chi connectivity index (χ0v) is 15.5. The smallest absolute Gasteiger partial charge is 0.124 e. The van der Waals surface area contributed by atoms with E-state index >= 15 is 0 Å². The summed E-state index contributed by atoms with van der Waals surface area (Å²) in [6.45, 7) is 11.0. The van der Waals surface area contributed by atoms with Gasteiger partial charge in [-0.1, -0.05) is 30.3 Å². The largest absolute Gasteiger partial charge is 0.491 e. The van der Waals surface area contributed by atoms with E-state index in [1.807, 2.05) is 0 Å². The Morgan fingerprint density at radius 3 is 2.72 bits per heavy atom. The predicted molar refractivity (Wildman–Crippen MR) is 103 cm³/mol. The van der Waals surface area contributed by atoms with E-state index in [2.05, 4.69) is 60.5 Å². The maximum absolute atomic E-state index is 6.04. The van der Waals surface area contributed by atoms with E-state index < -0.39 is 0 Å². The second kappa shape index (κ2) is 9.18. The van der Waals surface area contributed by atoms with Crippen LogP contribution in [0.5, 0.6) is 5.75 Å². The first-order chi connectivity index (χ1) is 12.2. The maximum atomic E-state index is 6.04. The summed E-state index contributed by atoms with van der Waals surface area (Å²) in [6, 6.07) is 12.8. The molecule has 0 atom stereocenters. The fourth-order valence-electron chi connectivity index (χ4n) is 3.33. The van der Waals surface area contributed by atoms with Crippen LogP contribution in [0, 0.1) is 0 Å². The van der Waals surface area contributed by atoms with Crippen molar-refractivity contribution >= 4 is 10.8 Å². The first kappa shape index (κ1) is 18.2. The highest BCUT2D eigenvalue weighted by Crippen LogP contribution is 2.28. The monoisotopic (exact) mass is 342 g/mol. The van der Waals surface area contributed by atoms with E-state index in [1.54, 1.807) is 0 Å². The van der Waals surface area contributed by atoms with Gasteiger partial charge in [-0.05, 0) is 50.2 Å². The molecule has 1 saturated heterocycles. The Hall–Kier alpha value is -1.62. The van der Waals surface area contributed by atoms with Gasteiger partial charge in [-0.2, -0.15) is 0 Å². The van der Waals surface area contributed by atoms with Crippen molar-refractivity contribution in [2.45, 2.75) is 32.9 Å². The normalized spacial score (nSPS) is 15.8. The summed E-state index contributed by atoms with van der Waals surface area (Å²) >= 11 is 0. The molecule has 1 N–H and O–H groups in total. The molecule has 0 saturated carbocycles. The van der Waals surface area contributed by atoms with Crippen molar-refractivity contribution in [2.75, 3.05) is 39.4 Å². The summed E-state index contributed by atoms with van der Waals surface area (Å²) < 4.78 is 11.4. The zero-order valence-electron chi connectivity index (χ0n) is 15.5. The standard InChI is InChI=1S/C21H30N2O2/c1-17(2)25-21-9-8-18-6-3-4-7-19(18)20(21)16-22-10-5-11-23-12-14-24-15-13-23/h3-4,6-9,17,22H,5,10-16H2,1-2H3. The Morgan fingerprint density at radius 1 is 1.12 bits per heavy atom. The molecule has 0 unspecified atom stereocenters. The fraction of sp³-hybridized carbons (Fsp3) is 0.524. The van der Waals surface area contributed by atoms with Gasteiger partial charge in [-0.15, -0.1) is 0 Å². The van der Waals surface area contributed by atoms with Gasteiger partial charge in [0, 0.05) is 25.2 Å². The lowest BCUT2D eigenvalue weighted by atomic mass is 10.0.